The van der Waals surface area contributed by atoms with Gasteiger partial charge in [0.25, 0.3) is 0 Å². The standard InChI is InChI=1S/C14H21NO5S/c1-8(2)13(14(16)17)15-21(18,19)12-7-9(3)11(20-5)6-10(12)4/h6-8,13,15H,1-5H3,(H,16,17)/t13-/m1/s1. The number of methoxy groups -OCH3 is 1. The zero-order valence-corrected chi connectivity index (χ0v) is 13.6. The molecule has 0 spiro atoms. The molecule has 0 saturated heterocycles. The second-order valence-corrected chi connectivity index (χ2v) is 6.95. The van der Waals surface area contributed by atoms with Crippen LogP contribution in [0.25, 0.3) is 0 Å². The zero-order valence-electron chi connectivity index (χ0n) is 12.8. The van der Waals surface area contributed by atoms with Crippen molar-refractivity contribution in [2.24, 2.45) is 5.92 Å². The first kappa shape index (κ1) is 17.5. The van der Waals surface area contributed by atoms with E-state index in [9.17, 15) is 13.2 Å². The van der Waals surface area contributed by atoms with Crippen LogP contribution in [0.15, 0.2) is 17.0 Å². The van der Waals surface area contributed by atoms with E-state index in [1.165, 1.54) is 13.2 Å². The van der Waals surface area contributed by atoms with E-state index in [-0.39, 0.29) is 10.8 Å². The van der Waals surface area contributed by atoms with Gasteiger partial charge in [-0.2, -0.15) is 4.72 Å². The number of aryl methyl sites for hydroxylation is 2. The molecule has 118 valence electrons. The van der Waals surface area contributed by atoms with Crippen LogP contribution in [0.5, 0.6) is 5.75 Å². The summed E-state index contributed by atoms with van der Waals surface area (Å²) in [6.07, 6.45) is 0. The van der Waals surface area contributed by atoms with Crippen LogP contribution in [0.2, 0.25) is 0 Å². The lowest BCUT2D eigenvalue weighted by Crippen LogP contribution is -2.44. The average Bonchev–Trinajstić information content (AvgIpc) is 2.37. The normalized spacial score (nSPS) is 13.2. The number of hydrogen-bond acceptors (Lipinski definition) is 4. The van der Waals surface area contributed by atoms with Gasteiger partial charge in [0.1, 0.15) is 11.8 Å². The topological polar surface area (TPSA) is 92.7 Å². The number of carboxylic acid groups (broad SMARTS) is 1. The number of nitrogens with one attached hydrogen (secondary N) is 1. The summed E-state index contributed by atoms with van der Waals surface area (Å²) in [6, 6.07) is 1.93. The van der Waals surface area contributed by atoms with Gasteiger partial charge in [-0.3, -0.25) is 4.79 Å². The molecule has 7 heteroatoms. The molecule has 0 unspecified atom stereocenters. The van der Waals surface area contributed by atoms with E-state index in [0.29, 0.717) is 16.9 Å². The van der Waals surface area contributed by atoms with Gasteiger partial charge in [-0.1, -0.05) is 13.8 Å². The Morgan fingerprint density at radius 1 is 1.24 bits per heavy atom. The molecule has 1 atom stereocenters. The monoisotopic (exact) mass is 315 g/mol. The smallest absolute Gasteiger partial charge is 0.322 e. The lowest BCUT2D eigenvalue weighted by atomic mass is 10.1. The van der Waals surface area contributed by atoms with Gasteiger partial charge in [0.05, 0.1) is 12.0 Å². The summed E-state index contributed by atoms with van der Waals surface area (Å²) in [5.74, 6) is -0.974. The van der Waals surface area contributed by atoms with Crippen molar-refractivity contribution in [3.8, 4) is 5.75 Å². The van der Waals surface area contributed by atoms with Crippen LogP contribution >= 0.6 is 0 Å². The van der Waals surface area contributed by atoms with Crippen molar-refractivity contribution in [3.63, 3.8) is 0 Å². The molecular weight excluding hydrogens is 294 g/mol. The van der Waals surface area contributed by atoms with Crippen LogP contribution in [0, 0.1) is 19.8 Å². The summed E-state index contributed by atoms with van der Waals surface area (Å²) in [7, 11) is -2.41. The summed E-state index contributed by atoms with van der Waals surface area (Å²) < 4.78 is 32.2. The van der Waals surface area contributed by atoms with E-state index in [0.717, 1.165) is 0 Å². The number of aliphatic carboxylic acids is 1. The maximum absolute atomic E-state index is 12.4. The van der Waals surface area contributed by atoms with Gasteiger partial charge >= 0.3 is 5.97 Å². The molecule has 21 heavy (non-hydrogen) atoms. The van der Waals surface area contributed by atoms with E-state index in [4.69, 9.17) is 9.84 Å². The Morgan fingerprint density at radius 3 is 2.24 bits per heavy atom. The van der Waals surface area contributed by atoms with Crippen LogP contribution < -0.4 is 9.46 Å². The number of carboxylic acids is 1. The quantitative estimate of drug-likeness (QED) is 0.833. The Bertz CT molecular complexity index is 637. The summed E-state index contributed by atoms with van der Waals surface area (Å²) in [4.78, 5) is 11.2. The lowest BCUT2D eigenvalue weighted by molar-refractivity contribution is -0.140. The molecule has 6 nitrogen and oxygen atoms in total. The summed E-state index contributed by atoms with van der Waals surface area (Å²) in [6.45, 7) is 6.66. The van der Waals surface area contributed by atoms with Gasteiger partial charge in [0.2, 0.25) is 10.0 Å². The Balaban J connectivity index is 3.25. The maximum atomic E-state index is 12.4. The van der Waals surface area contributed by atoms with E-state index in [1.54, 1.807) is 33.8 Å². The van der Waals surface area contributed by atoms with Crippen molar-refractivity contribution in [2.45, 2.75) is 38.6 Å². The predicted molar refractivity (Wildman–Crippen MR) is 79.1 cm³/mol. The van der Waals surface area contributed by atoms with Crippen LogP contribution in [0.4, 0.5) is 0 Å². The molecule has 0 aliphatic heterocycles. The predicted octanol–water partition coefficient (Wildman–Crippen LogP) is 1.70. The number of benzene rings is 1. The Kier molecular flexibility index (Phi) is 5.36. The molecular formula is C14H21NO5S. The fourth-order valence-electron chi connectivity index (χ4n) is 1.97. The molecule has 2 N–H and O–H groups in total. The molecule has 1 rings (SSSR count). The van der Waals surface area contributed by atoms with Gasteiger partial charge in [-0.15, -0.1) is 0 Å². The van der Waals surface area contributed by atoms with Crippen LogP contribution in [0.1, 0.15) is 25.0 Å². The molecule has 0 radical (unpaired) electrons. The van der Waals surface area contributed by atoms with Crippen molar-refractivity contribution in [2.75, 3.05) is 7.11 Å². The Labute approximate surface area is 125 Å². The van der Waals surface area contributed by atoms with E-state index in [1.807, 2.05) is 0 Å². The van der Waals surface area contributed by atoms with Gasteiger partial charge in [0, 0.05) is 0 Å². The van der Waals surface area contributed by atoms with Crippen LogP contribution in [-0.4, -0.2) is 32.6 Å². The number of hydrogen-bond donors (Lipinski definition) is 2. The lowest BCUT2D eigenvalue weighted by Gasteiger charge is -2.19. The molecule has 0 saturated carbocycles. The van der Waals surface area contributed by atoms with Crippen molar-refractivity contribution in [1.82, 2.24) is 4.72 Å². The minimum Gasteiger partial charge on any atom is -0.496 e. The summed E-state index contributed by atoms with van der Waals surface area (Å²) in [5.41, 5.74) is 1.16. The molecule has 0 aromatic heterocycles. The van der Waals surface area contributed by atoms with Gasteiger partial charge in [-0.05, 0) is 43.0 Å². The van der Waals surface area contributed by atoms with Crippen LogP contribution in [-0.2, 0) is 14.8 Å². The molecule has 1 aromatic rings. The highest BCUT2D eigenvalue weighted by molar-refractivity contribution is 7.89. The zero-order chi connectivity index (χ0) is 16.4. The van der Waals surface area contributed by atoms with Gasteiger partial charge in [-0.25, -0.2) is 8.42 Å². The van der Waals surface area contributed by atoms with Crippen LogP contribution in [0.3, 0.4) is 0 Å². The second-order valence-electron chi connectivity index (χ2n) is 5.27. The largest absolute Gasteiger partial charge is 0.496 e. The molecule has 0 aliphatic rings. The Hall–Kier alpha value is -1.60. The summed E-state index contributed by atoms with van der Waals surface area (Å²) >= 11 is 0. The number of rotatable bonds is 6. The minimum atomic E-state index is -3.91. The highest BCUT2D eigenvalue weighted by Gasteiger charge is 2.29. The molecule has 0 bridgehead atoms. The minimum absolute atomic E-state index is 0.0627. The number of ether oxygens (including phenoxy) is 1. The van der Waals surface area contributed by atoms with E-state index >= 15 is 0 Å². The van der Waals surface area contributed by atoms with E-state index < -0.39 is 22.0 Å². The van der Waals surface area contributed by atoms with Crippen molar-refractivity contribution < 1.29 is 23.1 Å². The molecule has 0 aliphatic carbocycles. The highest BCUT2D eigenvalue weighted by atomic mass is 32.2. The molecule has 0 fully saturated rings. The second kappa shape index (κ2) is 6.44. The number of carbonyl (C=O) groups is 1. The molecule has 0 heterocycles. The fraction of sp³-hybridized carbons (Fsp3) is 0.500. The maximum Gasteiger partial charge on any atom is 0.322 e. The third kappa shape index (κ3) is 3.95. The SMILES string of the molecule is COc1cc(C)c(S(=O)(=O)N[C@@H](C(=O)O)C(C)C)cc1C. The van der Waals surface area contributed by atoms with E-state index in [2.05, 4.69) is 4.72 Å². The average molecular weight is 315 g/mol. The first-order valence-corrected chi connectivity index (χ1v) is 7.98. The number of sulfonamides is 1. The third-order valence-corrected chi connectivity index (χ3v) is 4.78. The fourth-order valence-corrected chi connectivity index (χ4v) is 3.62. The highest BCUT2D eigenvalue weighted by Crippen LogP contribution is 2.26. The molecule has 0 amide bonds. The van der Waals surface area contributed by atoms with Crippen molar-refractivity contribution >= 4 is 16.0 Å². The Morgan fingerprint density at radius 2 is 1.81 bits per heavy atom. The third-order valence-electron chi connectivity index (χ3n) is 3.20. The summed E-state index contributed by atoms with van der Waals surface area (Å²) in [5, 5.41) is 9.11. The first-order valence-electron chi connectivity index (χ1n) is 6.50. The first-order chi connectivity index (χ1) is 9.60. The van der Waals surface area contributed by atoms with Crippen molar-refractivity contribution in [3.05, 3.63) is 23.3 Å². The van der Waals surface area contributed by atoms with Gasteiger partial charge in [0.15, 0.2) is 0 Å². The van der Waals surface area contributed by atoms with Gasteiger partial charge < -0.3 is 9.84 Å². The van der Waals surface area contributed by atoms with Crippen molar-refractivity contribution in [1.29, 1.82) is 0 Å². The molecule has 1 aromatic carbocycles.